The molecule has 0 saturated carbocycles. The molecule has 1 heterocycles. The summed E-state index contributed by atoms with van der Waals surface area (Å²) in [7, 11) is 1.56. The van der Waals surface area contributed by atoms with Crippen molar-refractivity contribution in [1.29, 1.82) is 0 Å². The van der Waals surface area contributed by atoms with Gasteiger partial charge in [0, 0.05) is 20.2 Å². The number of aliphatic hydroxyl groups excluding tert-OH is 1. The van der Waals surface area contributed by atoms with Crippen molar-refractivity contribution >= 4 is 23.2 Å². The smallest absolute Gasteiger partial charge is 0.252 e. The molecule has 0 fully saturated rings. The molecule has 6 nitrogen and oxygen atoms in total. The van der Waals surface area contributed by atoms with E-state index in [0.29, 0.717) is 41.4 Å². The quantitative estimate of drug-likeness (QED) is 0.792. The summed E-state index contributed by atoms with van der Waals surface area (Å²) in [6.45, 7) is 1.83. The van der Waals surface area contributed by atoms with Crippen molar-refractivity contribution in [2.75, 3.05) is 20.3 Å². The third kappa shape index (κ3) is 4.93. The fourth-order valence-corrected chi connectivity index (χ4v) is 2.31. The first kappa shape index (κ1) is 17.2. The number of hydrogen-bond donors (Lipinski definition) is 1. The number of ether oxygens (including phenoxy) is 1. The molecule has 22 heavy (non-hydrogen) atoms. The Bertz CT molecular complexity index is 607. The van der Waals surface area contributed by atoms with E-state index in [0.717, 1.165) is 5.56 Å². The molecule has 0 aliphatic carbocycles. The second-order valence-corrected chi connectivity index (χ2v) is 5.53. The Balaban J connectivity index is 2.03. The zero-order valence-electron chi connectivity index (χ0n) is 12.1. The van der Waals surface area contributed by atoms with Crippen molar-refractivity contribution in [2.45, 2.75) is 19.7 Å². The Labute approximate surface area is 138 Å². The van der Waals surface area contributed by atoms with E-state index < -0.39 is 0 Å². The number of rotatable bonds is 8. The zero-order chi connectivity index (χ0) is 15.9. The van der Waals surface area contributed by atoms with Crippen LogP contribution in [0.1, 0.15) is 17.3 Å². The molecule has 0 unspecified atom stereocenters. The van der Waals surface area contributed by atoms with Gasteiger partial charge in [-0.05, 0) is 17.7 Å². The van der Waals surface area contributed by atoms with Crippen LogP contribution in [-0.2, 0) is 24.4 Å². The molecule has 2 rings (SSSR count). The number of hydrogen-bond acceptors (Lipinski definition) is 6. The van der Waals surface area contributed by atoms with E-state index in [1.165, 1.54) is 0 Å². The molecule has 1 N–H and O–H groups in total. The molecule has 0 radical (unpaired) electrons. The zero-order valence-corrected chi connectivity index (χ0v) is 13.6. The van der Waals surface area contributed by atoms with Gasteiger partial charge >= 0.3 is 0 Å². The second kappa shape index (κ2) is 8.45. The average Bonchev–Trinajstić information content (AvgIpc) is 2.91. The molecule has 1 aromatic carbocycles. The highest BCUT2D eigenvalue weighted by Crippen LogP contribution is 2.23. The van der Waals surface area contributed by atoms with Crippen molar-refractivity contribution in [3.8, 4) is 0 Å². The minimum absolute atomic E-state index is 0.0318. The molecule has 0 bridgehead atoms. The number of benzene rings is 1. The van der Waals surface area contributed by atoms with Gasteiger partial charge < -0.3 is 14.4 Å². The molecule has 2 aromatic rings. The number of aromatic nitrogens is 2. The average molecular weight is 346 g/mol. The summed E-state index contributed by atoms with van der Waals surface area (Å²) in [5.41, 5.74) is 0.989. The van der Waals surface area contributed by atoms with Crippen LogP contribution < -0.4 is 0 Å². The van der Waals surface area contributed by atoms with Crippen molar-refractivity contribution in [1.82, 2.24) is 15.0 Å². The first-order valence-corrected chi connectivity index (χ1v) is 7.45. The normalized spacial score (nSPS) is 11.3. The summed E-state index contributed by atoms with van der Waals surface area (Å²) in [6, 6.07) is 5.45. The van der Waals surface area contributed by atoms with E-state index in [4.69, 9.17) is 32.5 Å². The van der Waals surface area contributed by atoms with Crippen LogP contribution in [0.5, 0.6) is 0 Å². The summed E-state index contributed by atoms with van der Waals surface area (Å²) < 4.78 is 9.99. The summed E-state index contributed by atoms with van der Waals surface area (Å²) in [6.07, 6.45) is 0. The Morgan fingerprint density at radius 3 is 2.77 bits per heavy atom. The molecule has 1 aromatic heterocycles. The lowest BCUT2D eigenvalue weighted by molar-refractivity contribution is 0.151. The van der Waals surface area contributed by atoms with Crippen LogP contribution in [0.3, 0.4) is 0 Å². The topological polar surface area (TPSA) is 71.6 Å². The van der Waals surface area contributed by atoms with E-state index in [9.17, 15) is 5.11 Å². The Morgan fingerprint density at radius 1 is 1.27 bits per heavy atom. The molecular formula is C14H17Cl2N3O3. The highest BCUT2D eigenvalue weighted by atomic mass is 35.5. The molecule has 0 atom stereocenters. The predicted octanol–water partition coefficient (Wildman–Crippen LogP) is 2.52. The van der Waals surface area contributed by atoms with Gasteiger partial charge in [-0.15, -0.1) is 0 Å². The maximum Gasteiger partial charge on any atom is 0.252 e. The van der Waals surface area contributed by atoms with Gasteiger partial charge in [-0.25, -0.2) is 0 Å². The monoisotopic (exact) mass is 345 g/mol. The molecular weight excluding hydrogens is 329 g/mol. The third-order valence-corrected chi connectivity index (χ3v) is 3.69. The molecule has 0 amide bonds. The molecule has 0 aliphatic heterocycles. The van der Waals surface area contributed by atoms with Crippen LogP contribution in [0.15, 0.2) is 22.7 Å². The van der Waals surface area contributed by atoms with E-state index in [2.05, 4.69) is 10.1 Å². The van der Waals surface area contributed by atoms with Crippen molar-refractivity contribution in [2.24, 2.45) is 0 Å². The van der Waals surface area contributed by atoms with Gasteiger partial charge in [0.1, 0.15) is 6.61 Å². The van der Waals surface area contributed by atoms with Gasteiger partial charge in [-0.1, -0.05) is 34.4 Å². The summed E-state index contributed by atoms with van der Waals surface area (Å²) in [4.78, 5) is 6.21. The fraction of sp³-hybridized carbons (Fsp3) is 0.429. The number of nitrogens with zero attached hydrogens (tertiary/aromatic N) is 3. The second-order valence-electron chi connectivity index (χ2n) is 4.72. The molecule has 8 heteroatoms. The van der Waals surface area contributed by atoms with E-state index >= 15 is 0 Å². The summed E-state index contributed by atoms with van der Waals surface area (Å²) in [5.74, 6) is 0.969. The SMILES string of the molecule is COCc1nc(CN(CCO)Cc2ccc(Cl)c(Cl)c2)no1. The van der Waals surface area contributed by atoms with E-state index in [1.54, 1.807) is 19.2 Å². The van der Waals surface area contributed by atoms with E-state index in [1.807, 2.05) is 11.0 Å². The predicted molar refractivity (Wildman–Crippen MR) is 82.7 cm³/mol. The van der Waals surface area contributed by atoms with E-state index in [-0.39, 0.29) is 13.2 Å². The van der Waals surface area contributed by atoms with Crippen LogP contribution >= 0.6 is 23.2 Å². The standard InChI is InChI=1S/C14H17Cl2N3O3/c1-21-9-14-17-13(18-22-14)8-19(4-5-20)7-10-2-3-11(15)12(16)6-10/h2-3,6,20H,4-5,7-9H2,1H3. The van der Waals surface area contributed by atoms with Gasteiger partial charge in [-0.3, -0.25) is 4.90 Å². The minimum Gasteiger partial charge on any atom is -0.395 e. The van der Waals surface area contributed by atoms with Crippen LogP contribution in [-0.4, -0.2) is 40.4 Å². The van der Waals surface area contributed by atoms with Crippen molar-refractivity contribution in [3.63, 3.8) is 0 Å². The number of halogens is 2. The lowest BCUT2D eigenvalue weighted by atomic mass is 10.2. The summed E-state index contributed by atoms with van der Waals surface area (Å²) >= 11 is 11.9. The van der Waals surface area contributed by atoms with Crippen molar-refractivity contribution in [3.05, 3.63) is 45.5 Å². The lowest BCUT2D eigenvalue weighted by Gasteiger charge is -2.19. The third-order valence-electron chi connectivity index (χ3n) is 2.95. The van der Waals surface area contributed by atoms with Gasteiger partial charge in [0.15, 0.2) is 5.82 Å². The maximum absolute atomic E-state index is 9.21. The number of aliphatic hydroxyl groups is 1. The molecule has 0 aliphatic rings. The van der Waals surface area contributed by atoms with Gasteiger partial charge in [-0.2, -0.15) is 4.98 Å². The largest absolute Gasteiger partial charge is 0.395 e. The van der Waals surface area contributed by atoms with Gasteiger partial charge in [0.05, 0.1) is 23.2 Å². The summed E-state index contributed by atoms with van der Waals surface area (Å²) in [5, 5.41) is 14.1. The first-order valence-electron chi connectivity index (χ1n) is 6.70. The fourth-order valence-electron chi connectivity index (χ4n) is 1.99. The van der Waals surface area contributed by atoms with Crippen LogP contribution in [0.4, 0.5) is 0 Å². The highest BCUT2D eigenvalue weighted by molar-refractivity contribution is 6.42. The molecule has 0 spiro atoms. The lowest BCUT2D eigenvalue weighted by Crippen LogP contribution is -2.26. The molecule has 0 saturated heterocycles. The highest BCUT2D eigenvalue weighted by Gasteiger charge is 2.12. The van der Waals surface area contributed by atoms with Gasteiger partial charge in [0.2, 0.25) is 0 Å². The van der Waals surface area contributed by atoms with Crippen LogP contribution in [0.25, 0.3) is 0 Å². The molecule has 120 valence electrons. The van der Waals surface area contributed by atoms with Gasteiger partial charge in [0.25, 0.3) is 5.89 Å². The van der Waals surface area contributed by atoms with Crippen molar-refractivity contribution < 1.29 is 14.4 Å². The first-order chi connectivity index (χ1) is 10.6. The van der Waals surface area contributed by atoms with Crippen LogP contribution in [0, 0.1) is 0 Å². The van der Waals surface area contributed by atoms with Crippen LogP contribution in [0.2, 0.25) is 10.0 Å². The maximum atomic E-state index is 9.21. The Morgan fingerprint density at radius 2 is 2.09 bits per heavy atom. The minimum atomic E-state index is 0.0318. The Kier molecular flexibility index (Phi) is 6.60. The number of methoxy groups -OCH3 is 1. The Hall–Kier alpha value is -1.18.